The average Bonchev–Trinajstić information content (AvgIpc) is 2.62. The molecule has 4 N–H and O–H groups in total. The Balaban J connectivity index is 2.21. The first-order valence-corrected chi connectivity index (χ1v) is 9.96. The monoisotopic (exact) mass is 334 g/mol. The number of unbranched alkanes of at least 4 members (excludes halogenated alkanes) is 9. The van der Waals surface area contributed by atoms with Crippen molar-refractivity contribution in [2.45, 2.75) is 83.3 Å². The quantitative estimate of drug-likeness (QED) is 0.322. The molecule has 3 nitrogen and oxygen atoms in total. The number of rotatable bonds is 15. The maximum atomic E-state index is 11.0. The topological polar surface area (TPSA) is 58.3 Å². The lowest BCUT2D eigenvalue weighted by atomic mass is 9.95. The van der Waals surface area contributed by atoms with Gasteiger partial charge in [-0.05, 0) is 18.4 Å². The smallest absolute Gasteiger partial charge is 0.142 e. The first-order chi connectivity index (χ1) is 11.7. The molecule has 1 atom stereocenters. The SMILES string of the molecule is CCCCCCCCCCCCC(O)(NCCN)c1ccccc1. The summed E-state index contributed by atoms with van der Waals surface area (Å²) in [5, 5.41) is 14.2. The minimum Gasteiger partial charge on any atom is -0.372 e. The van der Waals surface area contributed by atoms with Crippen molar-refractivity contribution in [2.75, 3.05) is 13.1 Å². The molecule has 0 aromatic heterocycles. The third-order valence-electron chi connectivity index (χ3n) is 4.71. The van der Waals surface area contributed by atoms with Crippen molar-refractivity contribution in [3.05, 3.63) is 35.9 Å². The fourth-order valence-corrected chi connectivity index (χ4v) is 3.20. The Bertz CT molecular complexity index is 396. The van der Waals surface area contributed by atoms with E-state index in [-0.39, 0.29) is 0 Å². The van der Waals surface area contributed by atoms with Crippen LogP contribution in [0.4, 0.5) is 0 Å². The van der Waals surface area contributed by atoms with Gasteiger partial charge in [-0.1, -0.05) is 95.0 Å². The van der Waals surface area contributed by atoms with Gasteiger partial charge in [0.15, 0.2) is 0 Å². The molecule has 0 aliphatic rings. The van der Waals surface area contributed by atoms with E-state index in [0.29, 0.717) is 13.1 Å². The predicted octanol–water partition coefficient (Wildman–Crippen LogP) is 4.69. The summed E-state index contributed by atoms with van der Waals surface area (Å²) >= 11 is 0. The van der Waals surface area contributed by atoms with Crippen molar-refractivity contribution in [1.29, 1.82) is 0 Å². The molecule has 0 heterocycles. The molecule has 0 bridgehead atoms. The highest BCUT2D eigenvalue weighted by Crippen LogP contribution is 2.25. The van der Waals surface area contributed by atoms with Crippen LogP contribution >= 0.6 is 0 Å². The Morgan fingerprint density at radius 3 is 1.96 bits per heavy atom. The summed E-state index contributed by atoms with van der Waals surface area (Å²) in [5.41, 5.74) is 5.59. The van der Waals surface area contributed by atoms with Crippen molar-refractivity contribution < 1.29 is 5.11 Å². The van der Waals surface area contributed by atoms with Crippen LogP contribution in [0.25, 0.3) is 0 Å². The van der Waals surface area contributed by atoms with Crippen molar-refractivity contribution in [1.82, 2.24) is 5.32 Å². The summed E-state index contributed by atoms with van der Waals surface area (Å²) in [5.74, 6) is 0. The zero-order valence-corrected chi connectivity index (χ0v) is 15.6. The Kier molecular flexibility index (Phi) is 11.8. The lowest BCUT2D eigenvalue weighted by Gasteiger charge is -2.30. The number of hydrogen-bond acceptors (Lipinski definition) is 3. The summed E-state index contributed by atoms with van der Waals surface area (Å²) in [4.78, 5) is 0. The molecule has 0 spiro atoms. The number of aliphatic hydroxyl groups is 1. The normalized spacial score (nSPS) is 13.8. The van der Waals surface area contributed by atoms with Gasteiger partial charge in [0.05, 0.1) is 0 Å². The summed E-state index contributed by atoms with van der Waals surface area (Å²) in [6.45, 7) is 3.43. The summed E-state index contributed by atoms with van der Waals surface area (Å²) in [7, 11) is 0. The van der Waals surface area contributed by atoms with Gasteiger partial charge >= 0.3 is 0 Å². The second-order valence-electron chi connectivity index (χ2n) is 6.87. The van der Waals surface area contributed by atoms with Crippen LogP contribution in [0.15, 0.2) is 30.3 Å². The van der Waals surface area contributed by atoms with E-state index in [2.05, 4.69) is 12.2 Å². The summed E-state index contributed by atoms with van der Waals surface area (Å²) in [6.07, 6.45) is 13.8. The highest BCUT2D eigenvalue weighted by molar-refractivity contribution is 5.21. The van der Waals surface area contributed by atoms with Crippen molar-refractivity contribution >= 4 is 0 Å². The van der Waals surface area contributed by atoms with Gasteiger partial charge in [-0.2, -0.15) is 0 Å². The Hall–Kier alpha value is -0.900. The van der Waals surface area contributed by atoms with E-state index in [4.69, 9.17) is 5.73 Å². The minimum atomic E-state index is -0.944. The van der Waals surface area contributed by atoms with E-state index in [9.17, 15) is 5.11 Å². The molecule has 0 aliphatic carbocycles. The van der Waals surface area contributed by atoms with Crippen LogP contribution in [-0.2, 0) is 5.72 Å². The molecule has 24 heavy (non-hydrogen) atoms. The largest absolute Gasteiger partial charge is 0.372 e. The van der Waals surface area contributed by atoms with Crippen molar-refractivity contribution in [3.63, 3.8) is 0 Å². The van der Waals surface area contributed by atoms with Crippen LogP contribution in [0.1, 0.15) is 83.1 Å². The van der Waals surface area contributed by atoms with E-state index in [1.807, 2.05) is 30.3 Å². The first kappa shape index (κ1) is 21.1. The molecular formula is C21H38N2O. The van der Waals surface area contributed by atoms with Gasteiger partial charge in [-0.25, -0.2) is 0 Å². The number of nitrogens with one attached hydrogen (secondary N) is 1. The first-order valence-electron chi connectivity index (χ1n) is 9.96. The molecule has 3 heteroatoms. The van der Waals surface area contributed by atoms with Gasteiger partial charge in [0.1, 0.15) is 5.72 Å². The molecule has 138 valence electrons. The van der Waals surface area contributed by atoms with Crippen LogP contribution in [-0.4, -0.2) is 18.2 Å². The molecule has 1 aromatic rings. The van der Waals surface area contributed by atoms with E-state index < -0.39 is 5.72 Å². The maximum Gasteiger partial charge on any atom is 0.142 e. The predicted molar refractivity (Wildman–Crippen MR) is 104 cm³/mol. The van der Waals surface area contributed by atoms with Crippen LogP contribution in [0, 0.1) is 0 Å². The number of hydrogen-bond donors (Lipinski definition) is 3. The van der Waals surface area contributed by atoms with Gasteiger partial charge < -0.3 is 10.8 Å². The lowest BCUT2D eigenvalue weighted by molar-refractivity contribution is -0.00952. The Labute approximate surface area is 149 Å². The van der Waals surface area contributed by atoms with E-state index in [1.54, 1.807) is 0 Å². The van der Waals surface area contributed by atoms with Crippen LogP contribution in [0.5, 0.6) is 0 Å². The molecule has 1 aromatic carbocycles. The average molecular weight is 335 g/mol. The third kappa shape index (κ3) is 8.81. The second kappa shape index (κ2) is 13.4. The zero-order chi connectivity index (χ0) is 17.5. The number of nitrogens with two attached hydrogens (primary N) is 1. The van der Waals surface area contributed by atoms with Crippen LogP contribution in [0.2, 0.25) is 0 Å². The van der Waals surface area contributed by atoms with Crippen LogP contribution in [0.3, 0.4) is 0 Å². The van der Waals surface area contributed by atoms with Crippen LogP contribution < -0.4 is 11.1 Å². The van der Waals surface area contributed by atoms with E-state index in [1.165, 1.54) is 57.8 Å². The van der Waals surface area contributed by atoms with Gasteiger partial charge in [0.2, 0.25) is 0 Å². The zero-order valence-electron chi connectivity index (χ0n) is 15.6. The van der Waals surface area contributed by atoms with Gasteiger partial charge in [0, 0.05) is 13.1 Å². The summed E-state index contributed by atoms with van der Waals surface area (Å²) in [6, 6.07) is 9.90. The Morgan fingerprint density at radius 1 is 0.875 bits per heavy atom. The highest BCUT2D eigenvalue weighted by atomic mass is 16.3. The molecule has 0 fully saturated rings. The number of benzene rings is 1. The minimum absolute atomic E-state index is 0.535. The fraction of sp³-hybridized carbons (Fsp3) is 0.714. The fourth-order valence-electron chi connectivity index (χ4n) is 3.20. The van der Waals surface area contributed by atoms with Gasteiger partial charge in [0.25, 0.3) is 0 Å². The van der Waals surface area contributed by atoms with Crippen molar-refractivity contribution in [2.24, 2.45) is 5.73 Å². The third-order valence-corrected chi connectivity index (χ3v) is 4.71. The maximum absolute atomic E-state index is 11.0. The summed E-state index contributed by atoms with van der Waals surface area (Å²) < 4.78 is 0. The van der Waals surface area contributed by atoms with E-state index >= 15 is 0 Å². The molecule has 0 amide bonds. The molecule has 0 radical (unpaired) electrons. The van der Waals surface area contributed by atoms with Gasteiger partial charge in [-0.15, -0.1) is 0 Å². The molecule has 0 saturated heterocycles. The van der Waals surface area contributed by atoms with Crippen molar-refractivity contribution in [3.8, 4) is 0 Å². The Morgan fingerprint density at radius 2 is 1.42 bits per heavy atom. The second-order valence-corrected chi connectivity index (χ2v) is 6.87. The molecule has 1 unspecified atom stereocenters. The highest BCUT2D eigenvalue weighted by Gasteiger charge is 2.27. The van der Waals surface area contributed by atoms with Gasteiger partial charge in [-0.3, -0.25) is 5.32 Å². The molecule has 0 saturated carbocycles. The molecular weight excluding hydrogens is 296 g/mol. The molecule has 1 rings (SSSR count). The standard InChI is InChI=1S/C21H38N2O/c1-2-3-4-5-6-7-8-9-10-14-17-21(24,23-19-18-22)20-15-12-11-13-16-20/h11-13,15-16,23-24H,2-10,14,17-19,22H2,1H3. The molecule has 0 aliphatic heterocycles. The lowest BCUT2D eigenvalue weighted by Crippen LogP contribution is -2.44. The van der Waals surface area contributed by atoms with E-state index in [0.717, 1.165) is 18.4 Å².